The predicted octanol–water partition coefficient (Wildman–Crippen LogP) is 1.46. The first-order valence-electron chi connectivity index (χ1n) is 8.34. The fourth-order valence-corrected chi connectivity index (χ4v) is 2.90. The SMILES string of the molecule is Cc1cccc(-n2c(O)c(C=Nc3ccc4[nH]c(=O)[nH]c4c3)c(=O)[nH]c2=O)c1. The average Bonchev–Trinajstić information content (AvgIpc) is 3.00. The fourth-order valence-electron chi connectivity index (χ4n) is 2.90. The van der Waals surface area contributed by atoms with Gasteiger partial charge in [-0.25, -0.2) is 14.2 Å². The molecule has 28 heavy (non-hydrogen) atoms. The zero-order valence-corrected chi connectivity index (χ0v) is 14.7. The number of benzene rings is 2. The Balaban J connectivity index is 1.81. The van der Waals surface area contributed by atoms with Crippen LogP contribution in [0.2, 0.25) is 0 Å². The number of nitrogens with zero attached hydrogens (tertiary/aromatic N) is 2. The highest BCUT2D eigenvalue weighted by Crippen LogP contribution is 2.19. The van der Waals surface area contributed by atoms with Crippen LogP contribution in [0.25, 0.3) is 16.7 Å². The highest BCUT2D eigenvalue weighted by atomic mass is 16.3. The molecule has 9 heteroatoms. The minimum absolute atomic E-state index is 0.163. The number of fused-ring (bicyclic) bond motifs is 1. The Morgan fingerprint density at radius 3 is 2.57 bits per heavy atom. The van der Waals surface area contributed by atoms with Crippen molar-refractivity contribution in [2.45, 2.75) is 6.92 Å². The van der Waals surface area contributed by atoms with Gasteiger partial charge in [-0.2, -0.15) is 0 Å². The number of hydrogen-bond donors (Lipinski definition) is 4. The van der Waals surface area contributed by atoms with Crippen LogP contribution in [-0.2, 0) is 0 Å². The first-order valence-corrected chi connectivity index (χ1v) is 8.34. The van der Waals surface area contributed by atoms with Crippen molar-refractivity contribution in [2.75, 3.05) is 0 Å². The van der Waals surface area contributed by atoms with E-state index in [1.807, 2.05) is 13.0 Å². The Hall–Kier alpha value is -4.14. The number of imidazole rings is 1. The van der Waals surface area contributed by atoms with Gasteiger partial charge in [0.1, 0.15) is 5.56 Å². The predicted molar refractivity (Wildman–Crippen MR) is 105 cm³/mol. The van der Waals surface area contributed by atoms with Gasteiger partial charge in [0.05, 0.1) is 22.4 Å². The van der Waals surface area contributed by atoms with Crippen molar-refractivity contribution in [1.29, 1.82) is 0 Å². The normalized spacial score (nSPS) is 11.5. The van der Waals surface area contributed by atoms with E-state index in [-0.39, 0.29) is 11.3 Å². The van der Waals surface area contributed by atoms with Crippen LogP contribution < -0.4 is 16.9 Å². The van der Waals surface area contributed by atoms with Crippen molar-refractivity contribution < 1.29 is 5.11 Å². The van der Waals surface area contributed by atoms with Crippen molar-refractivity contribution in [2.24, 2.45) is 4.99 Å². The van der Waals surface area contributed by atoms with Crippen LogP contribution in [0, 0.1) is 6.92 Å². The van der Waals surface area contributed by atoms with Crippen molar-refractivity contribution in [3.05, 3.63) is 84.9 Å². The number of H-pyrrole nitrogens is 3. The lowest BCUT2D eigenvalue weighted by Crippen LogP contribution is -2.31. The van der Waals surface area contributed by atoms with Crippen LogP contribution in [0.5, 0.6) is 5.88 Å². The Morgan fingerprint density at radius 1 is 1.00 bits per heavy atom. The molecule has 0 saturated carbocycles. The Kier molecular flexibility index (Phi) is 4.04. The molecule has 2 heterocycles. The van der Waals surface area contributed by atoms with Gasteiger partial charge in [-0.05, 0) is 42.8 Å². The number of aryl methyl sites for hydroxylation is 1. The quantitative estimate of drug-likeness (QED) is 0.402. The number of aromatic nitrogens is 4. The maximum atomic E-state index is 12.2. The van der Waals surface area contributed by atoms with Crippen molar-refractivity contribution in [3.8, 4) is 11.6 Å². The molecule has 0 fully saturated rings. The fraction of sp³-hybridized carbons (Fsp3) is 0.0526. The third-order valence-corrected chi connectivity index (χ3v) is 4.22. The van der Waals surface area contributed by atoms with Gasteiger partial charge in [-0.3, -0.25) is 14.8 Å². The summed E-state index contributed by atoms with van der Waals surface area (Å²) < 4.78 is 1.00. The van der Waals surface area contributed by atoms with Crippen LogP contribution >= 0.6 is 0 Å². The number of aliphatic imine (C=N–C) groups is 1. The van der Waals surface area contributed by atoms with E-state index in [1.54, 1.807) is 36.4 Å². The summed E-state index contributed by atoms with van der Waals surface area (Å²) >= 11 is 0. The Bertz CT molecular complexity index is 1400. The monoisotopic (exact) mass is 377 g/mol. The number of nitrogens with one attached hydrogen (secondary N) is 3. The van der Waals surface area contributed by atoms with Gasteiger partial charge in [-0.15, -0.1) is 0 Å². The topological polar surface area (TPSA) is 136 Å². The van der Waals surface area contributed by atoms with Crippen LogP contribution in [-0.4, -0.2) is 30.8 Å². The second kappa shape index (κ2) is 6.54. The smallest absolute Gasteiger partial charge is 0.335 e. The van der Waals surface area contributed by atoms with Crippen LogP contribution in [0.15, 0.2) is 61.8 Å². The van der Waals surface area contributed by atoms with Gasteiger partial charge in [0.15, 0.2) is 0 Å². The molecular formula is C19H15N5O4. The number of aromatic hydroxyl groups is 1. The largest absolute Gasteiger partial charge is 0.493 e. The number of aromatic amines is 3. The molecule has 0 aliphatic heterocycles. The van der Waals surface area contributed by atoms with Crippen LogP contribution in [0.3, 0.4) is 0 Å². The molecule has 0 unspecified atom stereocenters. The lowest BCUT2D eigenvalue weighted by Gasteiger charge is -2.10. The van der Waals surface area contributed by atoms with Crippen LogP contribution in [0.4, 0.5) is 5.69 Å². The minimum atomic E-state index is -0.758. The number of rotatable bonds is 3. The molecular weight excluding hydrogens is 362 g/mol. The van der Waals surface area contributed by atoms with E-state index in [4.69, 9.17) is 0 Å². The third kappa shape index (κ3) is 3.05. The first kappa shape index (κ1) is 17.3. The highest BCUT2D eigenvalue weighted by Gasteiger charge is 2.14. The van der Waals surface area contributed by atoms with Crippen molar-refractivity contribution >= 4 is 22.9 Å². The molecule has 0 atom stereocenters. The van der Waals surface area contributed by atoms with E-state index >= 15 is 0 Å². The van der Waals surface area contributed by atoms with Crippen LogP contribution in [0.1, 0.15) is 11.1 Å². The zero-order valence-electron chi connectivity index (χ0n) is 14.7. The molecule has 4 N–H and O–H groups in total. The van der Waals surface area contributed by atoms with E-state index in [9.17, 15) is 19.5 Å². The van der Waals surface area contributed by atoms with Gasteiger partial charge >= 0.3 is 11.4 Å². The molecule has 4 rings (SSSR count). The Morgan fingerprint density at radius 2 is 1.79 bits per heavy atom. The van der Waals surface area contributed by atoms with Gasteiger partial charge in [0, 0.05) is 6.21 Å². The summed E-state index contributed by atoms with van der Waals surface area (Å²) in [6.45, 7) is 1.85. The summed E-state index contributed by atoms with van der Waals surface area (Å²) in [6, 6.07) is 11.9. The molecule has 140 valence electrons. The average molecular weight is 377 g/mol. The zero-order chi connectivity index (χ0) is 19.8. The third-order valence-electron chi connectivity index (χ3n) is 4.22. The maximum absolute atomic E-state index is 12.2. The van der Waals surface area contributed by atoms with E-state index < -0.39 is 17.1 Å². The van der Waals surface area contributed by atoms with E-state index in [1.165, 1.54) is 6.21 Å². The lowest BCUT2D eigenvalue weighted by atomic mass is 10.2. The summed E-state index contributed by atoms with van der Waals surface area (Å²) in [5.41, 5.74) is 0.927. The summed E-state index contributed by atoms with van der Waals surface area (Å²) in [7, 11) is 0. The molecule has 0 aliphatic rings. The van der Waals surface area contributed by atoms with E-state index in [0.29, 0.717) is 22.4 Å². The first-order chi connectivity index (χ1) is 13.4. The standard InChI is InChI=1S/C19H15N5O4/c1-10-3-2-4-12(7-10)24-17(26)13(16(25)23-19(24)28)9-20-11-5-6-14-15(8-11)22-18(27)21-14/h2-9,26H,1H3,(H2,21,22,27)(H,23,25,28). The highest BCUT2D eigenvalue weighted by molar-refractivity contribution is 5.86. The summed E-state index contributed by atoms with van der Waals surface area (Å²) in [4.78, 5) is 47.3. The van der Waals surface area contributed by atoms with Crippen molar-refractivity contribution in [1.82, 2.24) is 19.5 Å². The lowest BCUT2D eigenvalue weighted by molar-refractivity contribution is 0.430. The molecule has 0 amide bonds. The van der Waals surface area contributed by atoms with Gasteiger partial charge in [-0.1, -0.05) is 12.1 Å². The van der Waals surface area contributed by atoms with Crippen molar-refractivity contribution in [3.63, 3.8) is 0 Å². The molecule has 0 spiro atoms. The molecule has 0 aliphatic carbocycles. The minimum Gasteiger partial charge on any atom is -0.493 e. The Labute approximate surface area is 156 Å². The molecule has 0 bridgehead atoms. The molecule has 2 aromatic heterocycles. The van der Waals surface area contributed by atoms with Gasteiger partial charge < -0.3 is 15.1 Å². The maximum Gasteiger partial charge on any atom is 0.335 e. The van der Waals surface area contributed by atoms with Gasteiger partial charge in [0.2, 0.25) is 5.88 Å². The molecule has 0 radical (unpaired) electrons. The molecule has 0 saturated heterocycles. The second-order valence-electron chi connectivity index (χ2n) is 6.24. The summed E-state index contributed by atoms with van der Waals surface area (Å²) in [6.07, 6.45) is 1.17. The molecule has 9 nitrogen and oxygen atoms in total. The van der Waals surface area contributed by atoms with Gasteiger partial charge in [0.25, 0.3) is 5.56 Å². The molecule has 4 aromatic rings. The number of hydrogen-bond acceptors (Lipinski definition) is 5. The van der Waals surface area contributed by atoms with E-state index in [0.717, 1.165) is 10.1 Å². The second-order valence-corrected chi connectivity index (χ2v) is 6.24. The summed E-state index contributed by atoms with van der Waals surface area (Å²) in [5.74, 6) is -0.515. The summed E-state index contributed by atoms with van der Waals surface area (Å²) in [5, 5.41) is 10.5. The molecule has 2 aromatic carbocycles. The van der Waals surface area contributed by atoms with E-state index in [2.05, 4.69) is 19.9 Å².